The predicted octanol–water partition coefficient (Wildman–Crippen LogP) is 18.8. The van der Waals surface area contributed by atoms with Gasteiger partial charge in [-0.1, -0.05) is 249 Å². The molecule has 0 aliphatic heterocycles. The van der Waals surface area contributed by atoms with Crippen molar-refractivity contribution >= 4 is 13.8 Å². The SMILES string of the molecule is CCCCCCC/C=C\C/C=C\C/C=C\CCCCCCCCCCCCC(=O)OC(COCCCCCCCCCCCCCC/C=C\CCCCCCCCCC)COP(=O)([O-])OCC[N+](C)(C)C. The number of ether oxygens (including phenoxy) is 2. The number of quaternary nitrogens is 1. The summed E-state index contributed by atoms with van der Waals surface area (Å²) in [7, 11) is 1.36. The maximum Gasteiger partial charge on any atom is 0.306 e. The number of phosphoric ester groups is 1. The number of esters is 1. The van der Waals surface area contributed by atoms with Gasteiger partial charge in [-0.15, -0.1) is 0 Å². The minimum absolute atomic E-state index is 0.0252. The van der Waals surface area contributed by atoms with Crippen LogP contribution in [0.1, 0.15) is 284 Å². The first-order chi connectivity index (χ1) is 34.6. The number of nitrogens with zero attached hydrogens (tertiary/aromatic N) is 1. The third-order valence-corrected chi connectivity index (χ3v) is 14.3. The molecule has 0 saturated heterocycles. The van der Waals surface area contributed by atoms with E-state index in [0.29, 0.717) is 24.1 Å². The Morgan fingerprint density at radius 3 is 1.17 bits per heavy atom. The number of unbranched alkanes of at least 4 members (excludes halogenated alkanes) is 35. The summed E-state index contributed by atoms with van der Waals surface area (Å²) < 4.78 is 34.9. The highest BCUT2D eigenvalue weighted by Crippen LogP contribution is 2.38. The number of hydrogen-bond acceptors (Lipinski definition) is 7. The molecule has 0 radical (unpaired) electrons. The fourth-order valence-corrected chi connectivity index (χ4v) is 9.40. The summed E-state index contributed by atoms with van der Waals surface area (Å²) in [5.74, 6) is -0.334. The van der Waals surface area contributed by atoms with Gasteiger partial charge in [-0.2, -0.15) is 0 Å². The molecular weight excluding hydrogens is 902 g/mol. The van der Waals surface area contributed by atoms with E-state index in [-0.39, 0.29) is 25.8 Å². The molecule has 9 heteroatoms. The standard InChI is InChI=1S/C62H118NO7P/c1-6-8-10-12-14-16-18-20-22-24-26-28-30-32-33-35-37-39-41-43-45-47-49-51-53-55-62(64)70-61(60-69-71(65,66)68-58-56-63(3,4)5)59-67-57-54-52-50-48-46-44-42-40-38-36-34-31-29-27-25-23-21-19-17-15-13-11-9-7-2/h18,20,24-27,30,32,61H,6-17,19,21-23,28-29,31,33-60H2,1-5H3/b20-18-,26-24-,27-25-,32-30-. The van der Waals surface area contributed by atoms with E-state index in [0.717, 1.165) is 44.9 Å². The molecule has 0 spiro atoms. The molecule has 71 heavy (non-hydrogen) atoms. The van der Waals surface area contributed by atoms with Crippen molar-refractivity contribution in [1.29, 1.82) is 0 Å². The number of rotatable bonds is 57. The van der Waals surface area contributed by atoms with Gasteiger partial charge in [0.1, 0.15) is 19.3 Å². The predicted molar refractivity (Wildman–Crippen MR) is 305 cm³/mol. The largest absolute Gasteiger partial charge is 0.756 e. The van der Waals surface area contributed by atoms with Gasteiger partial charge in [-0.05, 0) is 77.0 Å². The first-order valence-electron chi connectivity index (χ1n) is 30.4. The van der Waals surface area contributed by atoms with Gasteiger partial charge < -0.3 is 27.9 Å². The van der Waals surface area contributed by atoms with Gasteiger partial charge >= 0.3 is 5.97 Å². The zero-order chi connectivity index (χ0) is 51.9. The molecule has 418 valence electrons. The minimum atomic E-state index is -4.54. The van der Waals surface area contributed by atoms with Crippen LogP contribution >= 0.6 is 7.82 Å². The molecule has 0 fully saturated rings. The average molecular weight is 1020 g/mol. The van der Waals surface area contributed by atoms with E-state index in [1.54, 1.807) is 0 Å². The number of carbonyl (C=O) groups excluding carboxylic acids is 1. The van der Waals surface area contributed by atoms with Crippen LogP contribution in [0.2, 0.25) is 0 Å². The Morgan fingerprint density at radius 2 is 0.775 bits per heavy atom. The lowest BCUT2D eigenvalue weighted by molar-refractivity contribution is -0.870. The fraction of sp³-hybridized carbons (Fsp3) is 0.855. The van der Waals surface area contributed by atoms with Crippen LogP contribution in [0.4, 0.5) is 0 Å². The van der Waals surface area contributed by atoms with E-state index in [4.69, 9.17) is 18.5 Å². The summed E-state index contributed by atoms with van der Waals surface area (Å²) in [5.41, 5.74) is 0. The van der Waals surface area contributed by atoms with Crippen LogP contribution in [0.3, 0.4) is 0 Å². The Labute approximate surface area is 441 Å². The van der Waals surface area contributed by atoms with Crippen molar-refractivity contribution in [2.45, 2.75) is 290 Å². The molecule has 0 rings (SSSR count). The van der Waals surface area contributed by atoms with Crippen LogP contribution < -0.4 is 4.89 Å². The number of allylic oxidation sites excluding steroid dienone is 8. The zero-order valence-electron chi connectivity index (χ0n) is 47.7. The molecule has 0 aliphatic rings. The van der Waals surface area contributed by atoms with Gasteiger partial charge in [-0.25, -0.2) is 0 Å². The number of phosphoric acid groups is 1. The van der Waals surface area contributed by atoms with Crippen LogP contribution in [0.15, 0.2) is 48.6 Å². The van der Waals surface area contributed by atoms with Crippen molar-refractivity contribution in [2.24, 2.45) is 0 Å². The van der Waals surface area contributed by atoms with Gasteiger partial charge in [-0.3, -0.25) is 9.36 Å². The average Bonchev–Trinajstić information content (AvgIpc) is 3.33. The molecule has 0 amide bonds. The van der Waals surface area contributed by atoms with Crippen molar-refractivity contribution in [3.63, 3.8) is 0 Å². The molecule has 2 unspecified atom stereocenters. The summed E-state index contributed by atoms with van der Waals surface area (Å²) in [6.45, 7) is 5.44. The molecular formula is C62H118NO7P. The quantitative estimate of drug-likeness (QED) is 0.0197. The van der Waals surface area contributed by atoms with Crippen LogP contribution in [0, 0.1) is 0 Å². The normalized spacial score (nSPS) is 13.7. The summed E-state index contributed by atoms with van der Waals surface area (Å²) in [4.78, 5) is 25.3. The van der Waals surface area contributed by atoms with Gasteiger partial charge in [0.15, 0.2) is 0 Å². The highest BCUT2D eigenvalue weighted by Gasteiger charge is 2.20. The van der Waals surface area contributed by atoms with Crippen LogP contribution in [0.25, 0.3) is 0 Å². The van der Waals surface area contributed by atoms with Crippen LogP contribution in [0.5, 0.6) is 0 Å². The highest BCUT2D eigenvalue weighted by atomic mass is 31.2. The molecule has 0 N–H and O–H groups in total. The first kappa shape index (κ1) is 69.5. The second kappa shape index (κ2) is 54.7. The summed E-state index contributed by atoms with van der Waals surface area (Å²) >= 11 is 0. The van der Waals surface area contributed by atoms with Crippen LogP contribution in [-0.4, -0.2) is 70.7 Å². The fourth-order valence-electron chi connectivity index (χ4n) is 8.67. The molecule has 0 aromatic heterocycles. The molecule has 2 atom stereocenters. The van der Waals surface area contributed by atoms with E-state index >= 15 is 0 Å². The molecule has 8 nitrogen and oxygen atoms in total. The van der Waals surface area contributed by atoms with E-state index in [1.807, 2.05) is 21.1 Å². The monoisotopic (exact) mass is 1020 g/mol. The molecule has 0 aromatic carbocycles. The summed E-state index contributed by atoms with van der Waals surface area (Å²) in [6.07, 6.45) is 70.1. The van der Waals surface area contributed by atoms with Gasteiger partial charge in [0.05, 0.1) is 34.4 Å². The maximum absolute atomic E-state index is 12.8. The van der Waals surface area contributed by atoms with Crippen molar-refractivity contribution in [3.05, 3.63) is 48.6 Å². The summed E-state index contributed by atoms with van der Waals surface area (Å²) in [5, 5.41) is 0. The molecule has 0 heterocycles. The van der Waals surface area contributed by atoms with Gasteiger partial charge in [0.25, 0.3) is 7.82 Å². The molecule has 0 saturated carbocycles. The number of likely N-dealkylation sites (N-methyl/N-ethyl adjacent to an activating group) is 1. The van der Waals surface area contributed by atoms with Crippen molar-refractivity contribution in [1.82, 2.24) is 0 Å². The van der Waals surface area contributed by atoms with Gasteiger partial charge in [0, 0.05) is 13.0 Å². The number of carbonyl (C=O) groups is 1. The Kier molecular flexibility index (Phi) is 53.5. The number of hydrogen-bond donors (Lipinski definition) is 0. The Bertz CT molecular complexity index is 1280. The van der Waals surface area contributed by atoms with Crippen LogP contribution in [-0.2, 0) is 27.9 Å². The second-order valence-corrected chi connectivity index (χ2v) is 23.1. The van der Waals surface area contributed by atoms with E-state index < -0.39 is 13.9 Å². The second-order valence-electron chi connectivity index (χ2n) is 21.7. The summed E-state index contributed by atoms with van der Waals surface area (Å²) in [6, 6.07) is 0. The van der Waals surface area contributed by atoms with Crippen molar-refractivity contribution in [2.75, 3.05) is 54.1 Å². The third-order valence-electron chi connectivity index (χ3n) is 13.4. The zero-order valence-corrected chi connectivity index (χ0v) is 48.6. The van der Waals surface area contributed by atoms with E-state index in [9.17, 15) is 14.3 Å². The third kappa shape index (κ3) is 59.2. The molecule has 0 aromatic rings. The topological polar surface area (TPSA) is 94.1 Å². The first-order valence-corrected chi connectivity index (χ1v) is 31.8. The smallest absolute Gasteiger partial charge is 0.306 e. The van der Waals surface area contributed by atoms with E-state index in [1.165, 1.54) is 218 Å². The van der Waals surface area contributed by atoms with Gasteiger partial charge in [0.2, 0.25) is 0 Å². The lowest BCUT2D eigenvalue weighted by Gasteiger charge is -2.28. The molecule has 0 aliphatic carbocycles. The molecule has 0 bridgehead atoms. The Balaban J connectivity index is 4.05. The lowest BCUT2D eigenvalue weighted by Crippen LogP contribution is -2.37. The van der Waals surface area contributed by atoms with E-state index in [2.05, 4.69) is 62.5 Å². The Hall–Kier alpha value is -1.54. The van der Waals surface area contributed by atoms with Crippen molar-refractivity contribution in [3.8, 4) is 0 Å². The Morgan fingerprint density at radius 1 is 0.437 bits per heavy atom. The minimum Gasteiger partial charge on any atom is -0.756 e. The highest BCUT2D eigenvalue weighted by molar-refractivity contribution is 7.45. The van der Waals surface area contributed by atoms with Crippen molar-refractivity contribution < 1.29 is 37.3 Å². The maximum atomic E-state index is 12.8. The lowest BCUT2D eigenvalue weighted by atomic mass is 10.0.